The predicted molar refractivity (Wildman–Crippen MR) is 91.4 cm³/mol. The number of aryl methyl sites for hydroxylation is 1. The fourth-order valence-electron chi connectivity index (χ4n) is 2.75. The summed E-state index contributed by atoms with van der Waals surface area (Å²) in [5.74, 6) is -0.238. The molecular formula is C18H16BrNO3. The first kappa shape index (κ1) is 15.7. The first-order chi connectivity index (χ1) is 11.1. The number of anilines is 1. The topological polar surface area (TPSA) is 46.6 Å². The summed E-state index contributed by atoms with van der Waals surface area (Å²) in [7, 11) is 1.36. The molecule has 0 spiro atoms. The van der Waals surface area contributed by atoms with Gasteiger partial charge in [-0.25, -0.2) is 4.79 Å². The molecule has 0 atom stereocenters. The first-order valence-electron chi connectivity index (χ1n) is 7.34. The molecule has 1 amide bonds. The Morgan fingerprint density at radius 2 is 1.91 bits per heavy atom. The molecule has 0 aromatic heterocycles. The van der Waals surface area contributed by atoms with Gasteiger partial charge in [0.1, 0.15) is 0 Å². The minimum absolute atomic E-state index is 0.122. The van der Waals surface area contributed by atoms with E-state index in [9.17, 15) is 9.59 Å². The van der Waals surface area contributed by atoms with E-state index in [4.69, 9.17) is 4.74 Å². The number of hydrogen-bond donors (Lipinski definition) is 0. The van der Waals surface area contributed by atoms with Crippen LogP contribution in [0, 0.1) is 0 Å². The van der Waals surface area contributed by atoms with E-state index in [0.717, 1.165) is 22.1 Å². The number of amides is 1. The molecule has 2 aromatic carbocycles. The van der Waals surface area contributed by atoms with Crippen molar-refractivity contribution >= 4 is 33.5 Å². The molecule has 0 aliphatic carbocycles. The fraction of sp³-hybridized carbons (Fsp3) is 0.222. The number of esters is 1. The van der Waals surface area contributed by atoms with Crippen molar-refractivity contribution in [1.29, 1.82) is 0 Å². The number of halogens is 1. The van der Waals surface area contributed by atoms with E-state index in [-0.39, 0.29) is 11.9 Å². The van der Waals surface area contributed by atoms with E-state index >= 15 is 0 Å². The van der Waals surface area contributed by atoms with Crippen LogP contribution in [-0.4, -0.2) is 19.0 Å². The molecule has 5 heteroatoms. The van der Waals surface area contributed by atoms with Crippen molar-refractivity contribution in [2.45, 2.75) is 19.4 Å². The molecule has 0 fully saturated rings. The first-order valence-corrected chi connectivity index (χ1v) is 8.14. The molecule has 1 aliphatic heterocycles. The van der Waals surface area contributed by atoms with E-state index in [1.54, 1.807) is 17.0 Å². The number of methoxy groups -OCH3 is 1. The highest BCUT2D eigenvalue weighted by molar-refractivity contribution is 9.10. The summed E-state index contributed by atoms with van der Waals surface area (Å²) < 4.78 is 5.71. The van der Waals surface area contributed by atoms with Crippen molar-refractivity contribution in [3.63, 3.8) is 0 Å². The van der Waals surface area contributed by atoms with Gasteiger partial charge in [0, 0.05) is 16.6 Å². The molecule has 1 heterocycles. The number of carbonyl (C=O) groups is 2. The maximum absolute atomic E-state index is 12.3. The van der Waals surface area contributed by atoms with Crippen molar-refractivity contribution < 1.29 is 14.3 Å². The Morgan fingerprint density at radius 1 is 1.17 bits per heavy atom. The average molecular weight is 374 g/mol. The second-order valence-corrected chi connectivity index (χ2v) is 6.36. The minimum atomic E-state index is -0.360. The van der Waals surface area contributed by atoms with Crippen molar-refractivity contribution in [1.82, 2.24) is 0 Å². The Balaban J connectivity index is 1.85. The Bertz CT molecular complexity index is 755. The number of ether oxygens (including phenoxy) is 1. The lowest BCUT2D eigenvalue weighted by atomic mass is 10.0. The molecular weight excluding hydrogens is 358 g/mol. The third-order valence-corrected chi connectivity index (χ3v) is 4.45. The molecule has 3 rings (SSSR count). The third-order valence-electron chi connectivity index (χ3n) is 3.96. The lowest BCUT2D eigenvalue weighted by Gasteiger charge is -2.29. The van der Waals surface area contributed by atoms with Crippen molar-refractivity contribution in [3.05, 3.63) is 63.6 Å². The van der Waals surface area contributed by atoms with Crippen LogP contribution < -0.4 is 4.90 Å². The van der Waals surface area contributed by atoms with Gasteiger partial charge in [-0.15, -0.1) is 0 Å². The molecule has 0 unspecified atom stereocenters. The molecule has 23 heavy (non-hydrogen) atoms. The second-order valence-electron chi connectivity index (χ2n) is 5.44. The van der Waals surface area contributed by atoms with Crippen LogP contribution in [0.3, 0.4) is 0 Å². The monoisotopic (exact) mass is 373 g/mol. The Morgan fingerprint density at radius 3 is 2.61 bits per heavy atom. The maximum atomic E-state index is 12.3. The molecule has 0 saturated carbocycles. The minimum Gasteiger partial charge on any atom is -0.465 e. The van der Waals surface area contributed by atoms with Crippen LogP contribution in [0.25, 0.3) is 0 Å². The normalized spacial score (nSPS) is 13.7. The highest BCUT2D eigenvalue weighted by Crippen LogP contribution is 2.31. The van der Waals surface area contributed by atoms with E-state index in [1.807, 2.05) is 24.3 Å². The Kier molecular flexibility index (Phi) is 4.48. The number of hydrogen-bond acceptors (Lipinski definition) is 3. The summed E-state index contributed by atoms with van der Waals surface area (Å²) in [6.45, 7) is 0.495. The van der Waals surface area contributed by atoms with Crippen LogP contribution in [0.2, 0.25) is 0 Å². The fourth-order valence-corrected chi connectivity index (χ4v) is 3.16. The number of rotatable bonds is 3. The number of fused-ring (bicyclic) bond motifs is 1. The predicted octanol–water partition coefficient (Wildman–Crippen LogP) is 3.72. The average Bonchev–Trinajstić information content (AvgIpc) is 2.57. The van der Waals surface area contributed by atoms with E-state index in [2.05, 4.69) is 22.0 Å². The summed E-state index contributed by atoms with van der Waals surface area (Å²) in [4.78, 5) is 25.6. The molecule has 4 nitrogen and oxygen atoms in total. The quantitative estimate of drug-likeness (QED) is 0.770. The number of nitrogens with zero attached hydrogens (tertiary/aromatic N) is 1. The lowest BCUT2D eigenvalue weighted by molar-refractivity contribution is -0.119. The summed E-state index contributed by atoms with van der Waals surface area (Å²) in [5.41, 5.74) is 3.61. The standard InChI is InChI=1S/C18H16BrNO3/c1-23-18(22)13-4-2-12(3-5-13)11-20-16-8-7-15(19)10-14(16)6-9-17(20)21/h2-5,7-8,10H,6,9,11H2,1H3. The van der Waals surface area contributed by atoms with E-state index in [0.29, 0.717) is 18.5 Å². The lowest BCUT2D eigenvalue weighted by Crippen LogP contribution is -2.34. The van der Waals surface area contributed by atoms with Gasteiger partial charge < -0.3 is 9.64 Å². The van der Waals surface area contributed by atoms with Gasteiger partial charge in [-0.1, -0.05) is 28.1 Å². The van der Waals surface area contributed by atoms with Gasteiger partial charge in [0.15, 0.2) is 0 Å². The summed E-state index contributed by atoms with van der Waals surface area (Å²) in [6.07, 6.45) is 1.29. The van der Waals surface area contributed by atoms with Gasteiger partial charge in [-0.3, -0.25) is 4.79 Å². The molecule has 0 N–H and O–H groups in total. The zero-order valence-electron chi connectivity index (χ0n) is 12.7. The van der Waals surface area contributed by atoms with Crippen LogP contribution in [0.15, 0.2) is 46.9 Å². The van der Waals surface area contributed by atoms with Crippen LogP contribution >= 0.6 is 15.9 Å². The molecule has 2 aromatic rings. The van der Waals surface area contributed by atoms with Crippen molar-refractivity contribution in [2.24, 2.45) is 0 Å². The van der Waals surface area contributed by atoms with Crippen LogP contribution in [0.5, 0.6) is 0 Å². The summed E-state index contributed by atoms with van der Waals surface area (Å²) >= 11 is 3.47. The van der Waals surface area contributed by atoms with Crippen molar-refractivity contribution in [2.75, 3.05) is 12.0 Å². The molecule has 0 bridgehead atoms. The van der Waals surface area contributed by atoms with Gasteiger partial charge in [0.05, 0.1) is 19.2 Å². The zero-order chi connectivity index (χ0) is 16.4. The molecule has 0 radical (unpaired) electrons. The van der Waals surface area contributed by atoms with Gasteiger partial charge in [-0.2, -0.15) is 0 Å². The molecule has 0 saturated heterocycles. The van der Waals surface area contributed by atoms with E-state index in [1.165, 1.54) is 12.7 Å². The Hall–Kier alpha value is -2.14. The highest BCUT2D eigenvalue weighted by Gasteiger charge is 2.24. The molecule has 1 aliphatic rings. The SMILES string of the molecule is COC(=O)c1ccc(CN2C(=O)CCc3cc(Br)ccc32)cc1. The zero-order valence-corrected chi connectivity index (χ0v) is 14.3. The number of carbonyl (C=O) groups excluding carboxylic acids is 2. The second kappa shape index (κ2) is 6.54. The van der Waals surface area contributed by atoms with Gasteiger partial charge in [0.25, 0.3) is 0 Å². The summed E-state index contributed by atoms with van der Waals surface area (Å²) in [5, 5.41) is 0. The van der Waals surface area contributed by atoms with Gasteiger partial charge >= 0.3 is 5.97 Å². The molecule has 118 valence electrons. The van der Waals surface area contributed by atoms with E-state index < -0.39 is 0 Å². The van der Waals surface area contributed by atoms with Crippen molar-refractivity contribution in [3.8, 4) is 0 Å². The van der Waals surface area contributed by atoms with Crippen LogP contribution in [0.4, 0.5) is 5.69 Å². The Labute approximate surface area is 143 Å². The van der Waals surface area contributed by atoms with Crippen LogP contribution in [0.1, 0.15) is 27.9 Å². The van der Waals surface area contributed by atoms with Gasteiger partial charge in [-0.05, 0) is 47.9 Å². The maximum Gasteiger partial charge on any atom is 0.337 e. The highest BCUT2D eigenvalue weighted by atomic mass is 79.9. The summed E-state index contributed by atoms with van der Waals surface area (Å²) in [6, 6.07) is 13.1. The third kappa shape index (κ3) is 3.29. The van der Waals surface area contributed by atoms with Gasteiger partial charge in [0.2, 0.25) is 5.91 Å². The largest absolute Gasteiger partial charge is 0.465 e. The van der Waals surface area contributed by atoms with Crippen LogP contribution in [-0.2, 0) is 22.5 Å². The number of benzene rings is 2. The smallest absolute Gasteiger partial charge is 0.337 e.